The van der Waals surface area contributed by atoms with Crippen molar-refractivity contribution < 1.29 is 4.74 Å². The van der Waals surface area contributed by atoms with E-state index in [1.807, 2.05) is 30.5 Å². The summed E-state index contributed by atoms with van der Waals surface area (Å²) >= 11 is 0. The lowest BCUT2D eigenvalue weighted by Gasteiger charge is -2.54. The number of piperidine rings is 1. The second kappa shape index (κ2) is 10.3. The van der Waals surface area contributed by atoms with Gasteiger partial charge >= 0.3 is 0 Å². The fourth-order valence-electron chi connectivity index (χ4n) is 6.72. The van der Waals surface area contributed by atoms with E-state index in [-0.39, 0.29) is 5.82 Å². The van der Waals surface area contributed by atoms with Crippen LogP contribution < -0.4 is 9.64 Å². The van der Waals surface area contributed by atoms with Gasteiger partial charge < -0.3 is 9.64 Å². The summed E-state index contributed by atoms with van der Waals surface area (Å²) in [7, 11) is 0. The maximum absolute atomic E-state index is 9.12. The Labute approximate surface area is 250 Å². The molecule has 0 saturated carbocycles. The van der Waals surface area contributed by atoms with Crippen LogP contribution in [0.4, 0.5) is 5.82 Å². The molecule has 9 heteroatoms. The fourth-order valence-corrected chi connectivity index (χ4v) is 6.72. The average molecular weight is 567 g/mol. The second-order valence-electron chi connectivity index (χ2n) is 11.8. The van der Waals surface area contributed by atoms with Crippen LogP contribution in [0, 0.1) is 16.7 Å². The van der Waals surface area contributed by atoms with E-state index in [4.69, 9.17) is 15.0 Å². The molecule has 0 N–H and O–H groups in total. The van der Waals surface area contributed by atoms with Crippen LogP contribution in [0.1, 0.15) is 24.2 Å². The maximum atomic E-state index is 9.12. The molecule has 212 valence electrons. The number of nitrogens with zero attached hydrogens (tertiary/aromatic N) is 8. The van der Waals surface area contributed by atoms with Crippen molar-refractivity contribution in [3.63, 3.8) is 0 Å². The molecule has 0 atom stereocenters. The fraction of sp³-hybridized carbons (Fsp3) is 0.265. The van der Waals surface area contributed by atoms with Crippen molar-refractivity contribution >= 4 is 5.82 Å². The number of hydrogen-bond donors (Lipinski definition) is 0. The number of hydrogen-bond acceptors (Lipinski definition) is 8. The van der Waals surface area contributed by atoms with E-state index in [1.54, 1.807) is 12.4 Å². The third-order valence-corrected chi connectivity index (χ3v) is 9.05. The molecule has 6 heterocycles. The van der Waals surface area contributed by atoms with Crippen LogP contribution in [0.3, 0.4) is 0 Å². The molecule has 9 nitrogen and oxygen atoms in total. The number of rotatable bonds is 5. The molecule has 2 fully saturated rings. The Bertz CT molecular complexity index is 1830. The molecular weight excluding hydrogens is 536 g/mol. The summed E-state index contributed by atoms with van der Waals surface area (Å²) in [5, 5.41) is 9.12. The summed E-state index contributed by atoms with van der Waals surface area (Å²) in [6.07, 6.45) is 7.62. The van der Waals surface area contributed by atoms with E-state index in [2.05, 4.69) is 77.8 Å². The third kappa shape index (κ3) is 4.60. The van der Waals surface area contributed by atoms with Crippen molar-refractivity contribution in [1.82, 2.24) is 29.4 Å². The molecule has 2 aromatic carbocycles. The molecule has 3 aliphatic heterocycles. The SMILES string of the molecule is N#Cc1nccc(N2CC3(CCN(Cc4ccc(-c5nc6n(c5-c5ccccc5)COc5ccncc5-6)cc4)CC3)C2)n1. The summed E-state index contributed by atoms with van der Waals surface area (Å²) in [4.78, 5) is 22.7. The zero-order chi connectivity index (χ0) is 28.8. The highest BCUT2D eigenvalue weighted by molar-refractivity contribution is 5.83. The van der Waals surface area contributed by atoms with Crippen molar-refractivity contribution in [3.05, 3.63) is 96.7 Å². The van der Waals surface area contributed by atoms with E-state index < -0.39 is 0 Å². The van der Waals surface area contributed by atoms with Crippen LogP contribution in [0.25, 0.3) is 33.9 Å². The molecule has 1 spiro atoms. The Kier molecular flexibility index (Phi) is 6.16. The van der Waals surface area contributed by atoms with Gasteiger partial charge in [0.25, 0.3) is 0 Å². The molecule has 0 unspecified atom stereocenters. The van der Waals surface area contributed by atoms with Gasteiger partial charge in [0.2, 0.25) is 5.82 Å². The number of fused-ring (bicyclic) bond motifs is 3. The Morgan fingerprint density at radius 2 is 1.70 bits per heavy atom. The molecule has 8 rings (SSSR count). The number of likely N-dealkylation sites (tertiary alicyclic amines) is 1. The molecule has 0 amide bonds. The van der Waals surface area contributed by atoms with Gasteiger partial charge in [0, 0.05) is 54.8 Å². The lowest BCUT2D eigenvalue weighted by atomic mass is 9.72. The van der Waals surface area contributed by atoms with Gasteiger partial charge in [0.05, 0.1) is 17.0 Å². The van der Waals surface area contributed by atoms with Crippen LogP contribution in [-0.2, 0) is 13.3 Å². The molecule has 2 saturated heterocycles. The minimum atomic E-state index is 0.236. The van der Waals surface area contributed by atoms with Gasteiger partial charge in [-0.1, -0.05) is 54.6 Å². The average Bonchev–Trinajstić information content (AvgIpc) is 3.45. The predicted molar refractivity (Wildman–Crippen MR) is 163 cm³/mol. The first-order valence-corrected chi connectivity index (χ1v) is 14.7. The van der Waals surface area contributed by atoms with Crippen LogP contribution in [-0.4, -0.2) is 55.6 Å². The minimum absolute atomic E-state index is 0.236. The Morgan fingerprint density at radius 1 is 0.884 bits per heavy atom. The first-order valence-electron chi connectivity index (χ1n) is 14.7. The molecule has 43 heavy (non-hydrogen) atoms. The first kappa shape index (κ1) is 25.6. The molecule has 3 aliphatic rings. The topological polar surface area (TPSA) is 96.0 Å². The van der Waals surface area contributed by atoms with E-state index in [0.29, 0.717) is 12.1 Å². The first-order chi connectivity index (χ1) is 21.2. The highest BCUT2D eigenvalue weighted by atomic mass is 16.5. The van der Waals surface area contributed by atoms with Crippen LogP contribution in [0.5, 0.6) is 5.75 Å². The van der Waals surface area contributed by atoms with E-state index >= 15 is 0 Å². The lowest BCUT2D eigenvalue weighted by Crippen LogP contribution is -2.60. The lowest BCUT2D eigenvalue weighted by molar-refractivity contribution is 0.0719. The number of anilines is 1. The summed E-state index contributed by atoms with van der Waals surface area (Å²) in [6.45, 7) is 5.53. The van der Waals surface area contributed by atoms with Crippen LogP contribution in [0.2, 0.25) is 0 Å². The highest BCUT2D eigenvalue weighted by Crippen LogP contribution is 2.43. The quantitative estimate of drug-likeness (QED) is 0.279. The minimum Gasteiger partial charge on any atom is -0.472 e. The number of nitriles is 1. The number of benzene rings is 2. The van der Waals surface area contributed by atoms with Gasteiger partial charge in [-0.2, -0.15) is 5.26 Å². The van der Waals surface area contributed by atoms with Gasteiger partial charge in [-0.05, 0) is 43.6 Å². The van der Waals surface area contributed by atoms with Crippen molar-refractivity contribution in [2.45, 2.75) is 26.1 Å². The largest absolute Gasteiger partial charge is 0.472 e. The van der Waals surface area contributed by atoms with E-state index in [1.165, 1.54) is 18.4 Å². The number of pyridine rings is 1. The van der Waals surface area contributed by atoms with Crippen molar-refractivity contribution in [3.8, 4) is 45.7 Å². The van der Waals surface area contributed by atoms with Crippen LogP contribution >= 0.6 is 0 Å². The summed E-state index contributed by atoms with van der Waals surface area (Å²) in [5.41, 5.74) is 6.78. The molecule has 5 aromatic rings. The van der Waals surface area contributed by atoms with Gasteiger partial charge in [0.1, 0.15) is 23.5 Å². The van der Waals surface area contributed by atoms with Gasteiger partial charge in [-0.25, -0.2) is 15.0 Å². The smallest absolute Gasteiger partial charge is 0.234 e. The number of ether oxygens (including phenoxy) is 1. The zero-order valence-electron chi connectivity index (χ0n) is 23.7. The monoisotopic (exact) mass is 566 g/mol. The molecule has 0 aliphatic carbocycles. The third-order valence-electron chi connectivity index (χ3n) is 9.05. The van der Waals surface area contributed by atoms with E-state index in [9.17, 15) is 0 Å². The highest BCUT2D eigenvalue weighted by Gasteiger charge is 2.45. The standard InChI is InChI=1S/C34H30N8O/c35-18-29-37-15-11-30(38-29)41-21-34(22-41)12-16-40(17-13-34)20-24-6-8-25(9-7-24)31-32(26-4-2-1-3-5-26)42-23-43-28-10-14-36-19-27(28)33(42)39-31/h1-11,14-15,19H,12-13,16-17,20-23H2. The zero-order valence-corrected chi connectivity index (χ0v) is 23.7. The van der Waals surface area contributed by atoms with Crippen molar-refractivity contribution in [1.29, 1.82) is 5.26 Å². The number of imidazole rings is 1. The van der Waals surface area contributed by atoms with Gasteiger partial charge in [-0.3, -0.25) is 14.5 Å². The Hall–Kier alpha value is -5.07. The summed E-state index contributed by atoms with van der Waals surface area (Å²) < 4.78 is 8.24. The van der Waals surface area contributed by atoms with Gasteiger partial charge in [0.15, 0.2) is 6.73 Å². The van der Waals surface area contributed by atoms with Gasteiger partial charge in [-0.15, -0.1) is 0 Å². The molecular formula is C34H30N8O. The summed E-state index contributed by atoms with van der Waals surface area (Å²) in [6, 6.07) is 25.1. The summed E-state index contributed by atoms with van der Waals surface area (Å²) in [5.74, 6) is 2.80. The van der Waals surface area contributed by atoms with Crippen molar-refractivity contribution in [2.75, 3.05) is 31.1 Å². The molecule has 0 bridgehead atoms. The Balaban J connectivity index is 0.976. The van der Waals surface area contributed by atoms with Crippen molar-refractivity contribution in [2.24, 2.45) is 5.41 Å². The maximum Gasteiger partial charge on any atom is 0.234 e. The van der Waals surface area contributed by atoms with Crippen LogP contribution in [0.15, 0.2) is 85.3 Å². The molecule has 3 aromatic heterocycles. The normalized spacial score (nSPS) is 17.0. The Morgan fingerprint density at radius 3 is 2.49 bits per heavy atom. The number of aromatic nitrogens is 5. The second-order valence-corrected chi connectivity index (χ2v) is 11.8. The predicted octanol–water partition coefficient (Wildman–Crippen LogP) is 5.39. The van der Waals surface area contributed by atoms with E-state index in [0.717, 1.165) is 78.2 Å². The molecule has 0 radical (unpaired) electrons.